The molecule has 8 heteroatoms. The monoisotopic (exact) mass is 446 g/mol. The molecule has 7 nitrogen and oxygen atoms in total. The Balaban J connectivity index is 1.67. The van der Waals surface area contributed by atoms with Crippen molar-refractivity contribution in [1.82, 2.24) is 0 Å². The summed E-state index contributed by atoms with van der Waals surface area (Å²) < 4.78 is 29.1. The van der Waals surface area contributed by atoms with Crippen LogP contribution < -0.4 is 0 Å². The number of fused-ring (bicyclic) bond motifs is 1. The molecule has 32 heavy (non-hydrogen) atoms. The van der Waals surface area contributed by atoms with Gasteiger partial charge in [-0.05, 0) is 43.7 Å². The highest BCUT2D eigenvalue weighted by atomic mass is 32.2. The van der Waals surface area contributed by atoms with Crippen LogP contribution in [0.1, 0.15) is 23.6 Å². The number of carbonyl (C=O) groups excluding carboxylic acids is 2. The maximum atomic E-state index is 12.6. The number of benzene rings is 2. The number of ketones is 2. The van der Waals surface area contributed by atoms with E-state index in [1.165, 1.54) is 37.3 Å². The van der Waals surface area contributed by atoms with Gasteiger partial charge in [0.25, 0.3) is 10.0 Å². The van der Waals surface area contributed by atoms with Crippen LogP contribution in [0.5, 0.6) is 0 Å². The van der Waals surface area contributed by atoms with E-state index in [0.717, 1.165) is 11.1 Å². The zero-order chi connectivity index (χ0) is 22.9. The van der Waals surface area contributed by atoms with Crippen molar-refractivity contribution in [3.8, 4) is 0 Å². The van der Waals surface area contributed by atoms with Crippen molar-refractivity contribution < 1.29 is 22.8 Å². The number of oxime groups is 1. The predicted octanol–water partition coefficient (Wildman–Crippen LogP) is 3.55. The molecule has 0 spiro atoms. The summed E-state index contributed by atoms with van der Waals surface area (Å²) in [6.07, 6.45) is 5.60. The van der Waals surface area contributed by atoms with E-state index in [1.807, 2.05) is 19.1 Å². The number of sulfonamides is 1. The van der Waals surface area contributed by atoms with Gasteiger partial charge in [0.15, 0.2) is 5.71 Å². The Hall–Kier alpha value is -3.91. The topological polar surface area (TPSA) is 102 Å². The van der Waals surface area contributed by atoms with Crippen molar-refractivity contribution in [3.63, 3.8) is 0 Å². The zero-order valence-corrected chi connectivity index (χ0v) is 18.1. The van der Waals surface area contributed by atoms with Gasteiger partial charge in [0, 0.05) is 17.2 Å². The van der Waals surface area contributed by atoms with Crippen molar-refractivity contribution in [2.75, 3.05) is 0 Å². The molecule has 0 heterocycles. The average molecular weight is 446 g/mol. The third kappa shape index (κ3) is 4.26. The molecule has 0 N–H and O–H groups in total. The Morgan fingerprint density at radius 1 is 0.875 bits per heavy atom. The normalized spacial score (nSPS) is 18.4. The fourth-order valence-corrected chi connectivity index (χ4v) is 4.14. The lowest BCUT2D eigenvalue weighted by Crippen LogP contribution is -2.20. The molecule has 0 aliphatic heterocycles. The first-order valence-corrected chi connectivity index (χ1v) is 11.1. The third-order valence-corrected chi connectivity index (χ3v) is 6.19. The van der Waals surface area contributed by atoms with Crippen molar-refractivity contribution in [2.45, 2.75) is 18.7 Å². The lowest BCUT2D eigenvalue weighted by molar-refractivity contribution is -0.115. The van der Waals surface area contributed by atoms with Crippen molar-refractivity contribution in [2.24, 2.45) is 9.55 Å². The highest BCUT2D eigenvalue weighted by Gasteiger charge is 2.24. The van der Waals surface area contributed by atoms with Gasteiger partial charge in [-0.3, -0.25) is 9.59 Å². The predicted molar refractivity (Wildman–Crippen MR) is 121 cm³/mol. The molecule has 4 rings (SSSR count). The molecule has 2 aliphatic carbocycles. The van der Waals surface area contributed by atoms with E-state index in [1.54, 1.807) is 30.3 Å². The fourth-order valence-electron chi connectivity index (χ4n) is 3.17. The van der Waals surface area contributed by atoms with Crippen LogP contribution in [0.3, 0.4) is 0 Å². The molecule has 2 aromatic rings. The first kappa shape index (κ1) is 21.3. The minimum absolute atomic E-state index is 0.0214. The van der Waals surface area contributed by atoms with E-state index in [2.05, 4.69) is 9.55 Å². The number of rotatable bonds is 4. The highest BCUT2D eigenvalue weighted by molar-refractivity contribution is 7.90. The molecule has 0 saturated carbocycles. The van der Waals surface area contributed by atoms with Crippen LogP contribution in [-0.2, 0) is 24.4 Å². The Morgan fingerprint density at radius 2 is 1.59 bits per heavy atom. The maximum absolute atomic E-state index is 12.6. The minimum Gasteiger partial charge on any atom is -0.352 e. The summed E-state index contributed by atoms with van der Waals surface area (Å²) >= 11 is 0. The van der Waals surface area contributed by atoms with E-state index >= 15 is 0 Å². The third-order valence-electron chi connectivity index (χ3n) is 4.87. The lowest BCUT2D eigenvalue weighted by atomic mass is 9.95. The lowest BCUT2D eigenvalue weighted by Gasteiger charge is -2.13. The van der Waals surface area contributed by atoms with Gasteiger partial charge in [-0.1, -0.05) is 53.2 Å². The molecular formula is C24H18N2O5S. The molecule has 2 aromatic carbocycles. The Labute approximate surface area is 185 Å². The summed E-state index contributed by atoms with van der Waals surface area (Å²) in [4.78, 5) is 30.2. The molecular weight excluding hydrogens is 428 g/mol. The van der Waals surface area contributed by atoms with E-state index < -0.39 is 15.8 Å². The minimum atomic E-state index is -3.99. The number of aryl methyl sites for hydroxylation is 1. The second-order valence-corrected chi connectivity index (χ2v) is 8.89. The average Bonchev–Trinajstić information content (AvgIpc) is 2.76. The van der Waals surface area contributed by atoms with Gasteiger partial charge in [0.2, 0.25) is 17.3 Å². The van der Waals surface area contributed by atoms with Gasteiger partial charge in [-0.2, -0.15) is 12.8 Å². The molecule has 0 bridgehead atoms. The molecule has 160 valence electrons. The van der Waals surface area contributed by atoms with Crippen LogP contribution in [0, 0.1) is 6.92 Å². The van der Waals surface area contributed by atoms with Crippen molar-refractivity contribution in [1.29, 1.82) is 0 Å². The van der Waals surface area contributed by atoms with Gasteiger partial charge < -0.3 is 4.84 Å². The smallest absolute Gasteiger partial charge is 0.282 e. The number of hydrogen-bond donors (Lipinski definition) is 0. The molecule has 2 aliphatic rings. The van der Waals surface area contributed by atoms with E-state index in [9.17, 15) is 18.0 Å². The summed E-state index contributed by atoms with van der Waals surface area (Å²) in [7, 11) is -3.99. The second-order valence-electron chi connectivity index (χ2n) is 7.29. The van der Waals surface area contributed by atoms with Gasteiger partial charge in [-0.25, -0.2) is 0 Å². The summed E-state index contributed by atoms with van der Waals surface area (Å²) in [5.74, 6) is -1.07. The molecule has 0 fully saturated rings. The highest BCUT2D eigenvalue weighted by Crippen LogP contribution is 2.21. The van der Waals surface area contributed by atoms with E-state index in [4.69, 9.17) is 4.84 Å². The fraction of sp³-hybridized carbons (Fsp3) is 0.0833. The van der Waals surface area contributed by atoms with Gasteiger partial charge in [0.05, 0.1) is 10.6 Å². The molecule has 0 aromatic heterocycles. The number of nitrogens with zero attached hydrogens (tertiary/aromatic N) is 2. The van der Waals surface area contributed by atoms with Crippen LogP contribution >= 0.6 is 0 Å². The van der Waals surface area contributed by atoms with E-state index in [-0.39, 0.29) is 33.4 Å². The van der Waals surface area contributed by atoms with Crippen molar-refractivity contribution >= 4 is 39.1 Å². The summed E-state index contributed by atoms with van der Waals surface area (Å²) in [5, 5.41) is 3.91. The van der Waals surface area contributed by atoms with Crippen LogP contribution in [0.4, 0.5) is 0 Å². The number of Topliss-reactive ketones (excluding diaryl/α,β-unsaturated/α-hetero) is 1. The Bertz CT molecular complexity index is 1390. The second kappa shape index (κ2) is 8.32. The largest absolute Gasteiger partial charge is 0.352 e. The number of carbonyl (C=O) groups is 2. The molecule has 0 saturated heterocycles. The van der Waals surface area contributed by atoms with Crippen LogP contribution in [0.15, 0.2) is 92.5 Å². The summed E-state index contributed by atoms with van der Waals surface area (Å²) in [5.41, 5.74) is 2.59. The van der Waals surface area contributed by atoms with Gasteiger partial charge in [0.1, 0.15) is 0 Å². The molecule has 0 atom stereocenters. The summed E-state index contributed by atoms with van der Waals surface area (Å²) in [6, 6.07) is 13.4. The number of allylic oxidation sites excluding steroid dienone is 4. The van der Waals surface area contributed by atoms with Crippen LogP contribution in [0.25, 0.3) is 6.08 Å². The SMILES string of the molecule is CC1=CC(=NS(=O)(=O)c2ccc(C)cc2)C=C(ON=C2C(=O)C=Cc3ccccc32)C1=O. The van der Waals surface area contributed by atoms with Crippen LogP contribution in [-0.4, -0.2) is 31.4 Å². The van der Waals surface area contributed by atoms with Crippen LogP contribution in [0.2, 0.25) is 0 Å². The number of hydrogen-bond acceptors (Lipinski definition) is 6. The summed E-state index contributed by atoms with van der Waals surface area (Å²) in [6.45, 7) is 3.36. The quantitative estimate of drug-likeness (QED) is 0.528. The zero-order valence-electron chi connectivity index (χ0n) is 17.3. The van der Waals surface area contributed by atoms with Gasteiger partial charge >= 0.3 is 0 Å². The standard InChI is InChI=1S/C24H18N2O5S/c1-15-7-10-19(11-8-15)32(29,30)26-18-13-16(2)24(28)22(14-18)31-25-23-20-6-4-3-5-17(20)9-12-21(23)27/h3-14H,1-2H3. The first-order valence-electron chi connectivity index (χ1n) is 9.68. The Kier molecular flexibility index (Phi) is 5.54. The van der Waals surface area contributed by atoms with Crippen molar-refractivity contribution in [3.05, 3.63) is 94.8 Å². The van der Waals surface area contributed by atoms with Gasteiger partial charge in [-0.15, -0.1) is 0 Å². The van der Waals surface area contributed by atoms with E-state index in [0.29, 0.717) is 5.56 Å². The first-order chi connectivity index (χ1) is 15.2. The molecule has 0 amide bonds. The molecule has 0 unspecified atom stereocenters. The maximum Gasteiger partial charge on any atom is 0.282 e. The molecule has 0 radical (unpaired) electrons. The Morgan fingerprint density at radius 3 is 2.34 bits per heavy atom.